The Labute approximate surface area is 138 Å². The van der Waals surface area contributed by atoms with Gasteiger partial charge in [-0.1, -0.05) is 62.4 Å². The van der Waals surface area contributed by atoms with Crippen molar-refractivity contribution >= 4 is 5.91 Å². The van der Waals surface area contributed by atoms with E-state index in [1.165, 1.54) is 0 Å². The van der Waals surface area contributed by atoms with Gasteiger partial charge in [-0.2, -0.15) is 0 Å². The third kappa shape index (κ3) is 4.59. The number of hydrogen-bond donors (Lipinski definition) is 1. The summed E-state index contributed by atoms with van der Waals surface area (Å²) in [4.78, 5) is 12.4. The maximum Gasteiger partial charge on any atom is 0.261 e. The average Bonchev–Trinajstić information content (AvgIpc) is 2.55. The molecule has 0 aliphatic rings. The molecule has 1 N–H and O–H groups in total. The third-order valence-corrected chi connectivity index (χ3v) is 3.87. The van der Waals surface area contributed by atoms with E-state index in [2.05, 4.69) is 19.2 Å². The third-order valence-electron chi connectivity index (χ3n) is 3.87. The van der Waals surface area contributed by atoms with Gasteiger partial charge in [-0.05, 0) is 37.0 Å². The Morgan fingerprint density at radius 2 is 1.52 bits per heavy atom. The van der Waals surface area contributed by atoms with Crippen LogP contribution >= 0.6 is 0 Å². The van der Waals surface area contributed by atoms with Crippen molar-refractivity contribution in [2.24, 2.45) is 0 Å². The number of para-hydroxylation sites is 1. The number of ether oxygens (including phenoxy) is 1. The largest absolute Gasteiger partial charge is 0.481 e. The van der Waals surface area contributed by atoms with Crippen molar-refractivity contribution in [3.63, 3.8) is 0 Å². The van der Waals surface area contributed by atoms with Crippen LogP contribution in [0.1, 0.15) is 50.8 Å². The second-order valence-electron chi connectivity index (χ2n) is 6.09. The zero-order chi connectivity index (χ0) is 16.8. The van der Waals surface area contributed by atoms with E-state index in [0.717, 1.165) is 16.9 Å². The van der Waals surface area contributed by atoms with Gasteiger partial charge >= 0.3 is 0 Å². The van der Waals surface area contributed by atoms with Gasteiger partial charge in [-0.3, -0.25) is 4.79 Å². The summed E-state index contributed by atoms with van der Waals surface area (Å²) in [6.07, 6.45) is -0.541. The Kier molecular flexibility index (Phi) is 5.80. The summed E-state index contributed by atoms with van der Waals surface area (Å²) in [5.41, 5.74) is 2.19. The number of nitrogens with one attached hydrogen (secondary N) is 1. The van der Waals surface area contributed by atoms with E-state index in [0.29, 0.717) is 5.92 Å². The SMILES string of the molecule is CC(Oc1ccccc1C(C)C)C(=O)NC(C)c1ccccc1. The molecule has 3 heteroatoms. The van der Waals surface area contributed by atoms with Gasteiger partial charge in [-0.15, -0.1) is 0 Å². The zero-order valence-electron chi connectivity index (χ0n) is 14.2. The predicted octanol–water partition coefficient (Wildman–Crippen LogP) is 4.45. The quantitative estimate of drug-likeness (QED) is 0.855. The summed E-state index contributed by atoms with van der Waals surface area (Å²) in [5.74, 6) is 1.02. The van der Waals surface area contributed by atoms with Crippen LogP contribution in [0.5, 0.6) is 5.75 Å². The summed E-state index contributed by atoms with van der Waals surface area (Å²) < 4.78 is 5.89. The standard InChI is InChI=1S/C20H25NO2/c1-14(2)18-12-8-9-13-19(18)23-16(4)20(22)21-15(3)17-10-6-5-7-11-17/h5-16H,1-4H3,(H,21,22). The summed E-state index contributed by atoms with van der Waals surface area (Å²) in [7, 11) is 0. The minimum Gasteiger partial charge on any atom is -0.481 e. The molecule has 2 aromatic rings. The molecule has 3 nitrogen and oxygen atoms in total. The molecule has 0 radical (unpaired) electrons. The fraction of sp³-hybridized carbons (Fsp3) is 0.350. The molecule has 2 rings (SSSR count). The molecular formula is C20H25NO2. The molecular weight excluding hydrogens is 286 g/mol. The van der Waals surface area contributed by atoms with Crippen LogP contribution in [0.2, 0.25) is 0 Å². The number of carbonyl (C=O) groups excluding carboxylic acids is 1. The first-order valence-corrected chi connectivity index (χ1v) is 8.10. The second-order valence-corrected chi connectivity index (χ2v) is 6.09. The summed E-state index contributed by atoms with van der Waals surface area (Å²) in [6, 6.07) is 17.7. The molecule has 0 saturated heterocycles. The lowest BCUT2D eigenvalue weighted by atomic mass is 10.0. The fourth-order valence-electron chi connectivity index (χ4n) is 2.46. The number of carbonyl (C=O) groups is 1. The summed E-state index contributed by atoms with van der Waals surface area (Å²) in [6.45, 7) is 7.99. The first-order valence-electron chi connectivity index (χ1n) is 8.10. The van der Waals surface area contributed by atoms with Crippen LogP contribution < -0.4 is 10.1 Å². The molecule has 0 fully saturated rings. The maximum atomic E-state index is 12.4. The molecule has 0 aliphatic carbocycles. The van der Waals surface area contributed by atoms with Crippen molar-refractivity contribution in [3.05, 3.63) is 65.7 Å². The van der Waals surface area contributed by atoms with Gasteiger partial charge in [0, 0.05) is 0 Å². The average molecular weight is 311 g/mol. The normalized spacial score (nSPS) is 13.4. The summed E-state index contributed by atoms with van der Waals surface area (Å²) in [5, 5.41) is 3.00. The van der Waals surface area contributed by atoms with Gasteiger partial charge in [0.2, 0.25) is 0 Å². The van der Waals surface area contributed by atoms with Crippen LogP contribution in [-0.4, -0.2) is 12.0 Å². The molecule has 23 heavy (non-hydrogen) atoms. The Balaban J connectivity index is 2.01. The predicted molar refractivity (Wildman–Crippen MR) is 93.6 cm³/mol. The van der Waals surface area contributed by atoms with Gasteiger partial charge in [-0.25, -0.2) is 0 Å². The highest BCUT2D eigenvalue weighted by molar-refractivity contribution is 5.81. The Bertz CT molecular complexity index is 637. The fourth-order valence-corrected chi connectivity index (χ4v) is 2.46. The lowest BCUT2D eigenvalue weighted by Crippen LogP contribution is -2.37. The van der Waals surface area contributed by atoms with E-state index in [-0.39, 0.29) is 11.9 Å². The second kappa shape index (κ2) is 7.82. The Hall–Kier alpha value is -2.29. The van der Waals surface area contributed by atoms with Crippen LogP contribution in [-0.2, 0) is 4.79 Å². The highest BCUT2D eigenvalue weighted by Gasteiger charge is 2.19. The van der Waals surface area contributed by atoms with Crippen LogP contribution in [0.25, 0.3) is 0 Å². The molecule has 0 bridgehead atoms. The van der Waals surface area contributed by atoms with Crippen molar-refractivity contribution < 1.29 is 9.53 Å². The van der Waals surface area contributed by atoms with E-state index >= 15 is 0 Å². The summed E-state index contributed by atoms with van der Waals surface area (Å²) >= 11 is 0. The van der Waals surface area contributed by atoms with Crippen molar-refractivity contribution in [2.75, 3.05) is 0 Å². The molecule has 0 spiro atoms. The van der Waals surface area contributed by atoms with E-state index in [1.54, 1.807) is 6.92 Å². The topological polar surface area (TPSA) is 38.3 Å². The van der Waals surface area contributed by atoms with Gasteiger partial charge in [0.15, 0.2) is 6.10 Å². The first-order chi connectivity index (χ1) is 11.0. The van der Waals surface area contributed by atoms with Crippen molar-refractivity contribution in [1.82, 2.24) is 5.32 Å². The minimum absolute atomic E-state index is 0.0462. The Morgan fingerprint density at radius 1 is 0.913 bits per heavy atom. The molecule has 0 saturated carbocycles. The van der Waals surface area contributed by atoms with Crippen LogP contribution in [0.3, 0.4) is 0 Å². The lowest BCUT2D eigenvalue weighted by Gasteiger charge is -2.21. The van der Waals surface area contributed by atoms with Crippen molar-refractivity contribution in [3.8, 4) is 5.75 Å². The van der Waals surface area contributed by atoms with E-state index in [1.807, 2.05) is 61.5 Å². The smallest absolute Gasteiger partial charge is 0.261 e. The molecule has 2 atom stereocenters. The number of hydrogen-bond acceptors (Lipinski definition) is 2. The molecule has 0 aromatic heterocycles. The molecule has 122 valence electrons. The molecule has 2 unspecified atom stereocenters. The molecule has 1 amide bonds. The van der Waals surface area contributed by atoms with Crippen molar-refractivity contribution in [2.45, 2.75) is 45.8 Å². The van der Waals surface area contributed by atoms with Crippen LogP contribution in [0.15, 0.2) is 54.6 Å². The van der Waals surface area contributed by atoms with Gasteiger partial charge < -0.3 is 10.1 Å². The van der Waals surface area contributed by atoms with Gasteiger partial charge in [0.05, 0.1) is 6.04 Å². The first kappa shape index (κ1) is 17.1. The molecule has 2 aromatic carbocycles. The highest BCUT2D eigenvalue weighted by Crippen LogP contribution is 2.26. The zero-order valence-corrected chi connectivity index (χ0v) is 14.2. The van der Waals surface area contributed by atoms with Gasteiger partial charge in [0.1, 0.15) is 5.75 Å². The van der Waals surface area contributed by atoms with Gasteiger partial charge in [0.25, 0.3) is 5.91 Å². The van der Waals surface area contributed by atoms with E-state index in [9.17, 15) is 4.79 Å². The van der Waals surface area contributed by atoms with E-state index < -0.39 is 6.10 Å². The Morgan fingerprint density at radius 3 is 2.17 bits per heavy atom. The van der Waals surface area contributed by atoms with Crippen LogP contribution in [0.4, 0.5) is 0 Å². The number of amides is 1. The minimum atomic E-state index is -0.541. The monoisotopic (exact) mass is 311 g/mol. The lowest BCUT2D eigenvalue weighted by molar-refractivity contribution is -0.127. The highest BCUT2D eigenvalue weighted by atomic mass is 16.5. The number of rotatable bonds is 6. The molecule has 0 heterocycles. The van der Waals surface area contributed by atoms with Crippen molar-refractivity contribution in [1.29, 1.82) is 0 Å². The van der Waals surface area contributed by atoms with Crippen LogP contribution in [0, 0.1) is 0 Å². The maximum absolute atomic E-state index is 12.4. The molecule has 0 aliphatic heterocycles. The number of benzene rings is 2. The van der Waals surface area contributed by atoms with E-state index in [4.69, 9.17) is 4.74 Å².